The molecule has 0 aliphatic heterocycles. The van der Waals surface area contributed by atoms with Crippen LogP contribution in [-0.2, 0) is 13.9 Å². The van der Waals surface area contributed by atoms with Crippen molar-refractivity contribution in [3.63, 3.8) is 0 Å². The first-order valence-electron chi connectivity index (χ1n) is 3.41. The zero-order chi connectivity index (χ0) is 11.6. The van der Waals surface area contributed by atoms with Crippen molar-refractivity contribution in [3.05, 3.63) is 12.7 Å². The number of rotatable bonds is 5. The van der Waals surface area contributed by atoms with Crippen LogP contribution >= 0.6 is 7.82 Å². The van der Waals surface area contributed by atoms with Gasteiger partial charge < -0.3 is 20.0 Å². The third-order valence-corrected chi connectivity index (χ3v) is 1.20. The number of phosphoric acid groups is 1. The highest BCUT2D eigenvalue weighted by Crippen LogP contribution is 2.35. The molecular formula is C6H13O7P. The van der Waals surface area contributed by atoms with E-state index in [-0.39, 0.29) is 6.61 Å². The highest BCUT2D eigenvalue weighted by Gasteiger charge is 2.10. The second-order valence-electron chi connectivity index (χ2n) is 1.93. The molecule has 0 aromatic heterocycles. The van der Waals surface area contributed by atoms with E-state index in [1.807, 2.05) is 0 Å². The zero-order valence-corrected chi connectivity index (χ0v) is 8.26. The van der Waals surface area contributed by atoms with Gasteiger partial charge in [-0.2, -0.15) is 0 Å². The number of aliphatic hydroxyl groups excluding tert-OH is 2. The van der Waals surface area contributed by atoms with E-state index in [9.17, 15) is 9.36 Å². The molecule has 0 spiro atoms. The van der Waals surface area contributed by atoms with Gasteiger partial charge in [-0.1, -0.05) is 6.08 Å². The average Bonchev–Trinajstić information content (AvgIpc) is 2.13. The monoisotopic (exact) mass is 228 g/mol. The predicted octanol–water partition coefficient (Wildman–Crippen LogP) is -1.18. The van der Waals surface area contributed by atoms with Gasteiger partial charge in [-0.05, 0) is 0 Å². The van der Waals surface area contributed by atoms with Crippen molar-refractivity contribution in [3.8, 4) is 0 Å². The minimum absolute atomic E-state index is 0.121. The number of phosphoric ester groups is 1. The van der Waals surface area contributed by atoms with Crippen LogP contribution in [-0.4, -0.2) is 45.6 Å². The highest BCUT2D eigenvalue weighted by molar-refractivity contribution is 7.46. The van der Waals surface area contributed by atoms with Crippen molar-refractivity contribution in [1.29, 1.82) is 0 Å². The van der Waals surface area contributed by atoms with Gasteiger partial charge in [0.2, 0.25) is 0 Å². The lowest BCUT2D eigenvalue weighted by Crippen LogP contribution is -2.07. The first-order valence-corrected chi connectivity index (χ1v) is 4.94. The van der Waals surface area contributed by atoms with E-state index in [0.29, 0.717) is 0 Å². The summed E-state index contributed by atoms with van der Waals surface area (Å²) in [6, 6.07) is 0. The van der Waals surface area contributed by atoms with E-state index in [2.05, 4.69) is 11.1 Å². The van der Waals surface area contributed by atoms with Gasteiger partial charge in [-0.15, -0.1) is 6.58 Å². The second-order valence-corrected chi connectivity index (χ2v) is 3.17. The second kappa shape index (κ2) is 9.01. The lowest BCUT2D eigenvalue weighted by atomic mass is 10.5. The Hall–Kier alpha value is -0.560. The van der Waals surface area contributed by atoms with Crippen LogP contribution in [0.5, 0.6) is 0 Å². The fourth-order valence-electron chi connectivity index (χ4n) is 0.200. The molecule has 0 saturated carbocycles. The largest absolute Gasteiger partial charge is 0.469 e. The Morgan fingerprint density at radius 1 is 1.36 bits per heavy atom. The molecule has 0 unspecified atom stereocenters. The van der Waals surface area contributed by atoms with Crippen LogP contribution in [0.1, 0.15) is 0 Å². The van der Waals surface area contributed by atoms with Gasteiger partial charge >= 0.3 is 7.82 Å². The van der Waals surface area contributed by atoms with E-state index in [1.54, 1.807) is 0 Å². The van der Waals surface area contributed by atoms with Crippen LogP contribution in [0.4, 0.5) is 0 Å². The van der Waals surface area contributed by atoms with Gasteiger partial charge in [-0.25, -0.2) is 4.57 Å². The molecule has 0 heterocycles. The smallest absolute Gasteiger partial charge is 0.388 e. The summed E-state index contributed by atoms with van der Waals surface area (Å²) in [6.45, 7) is 1.96. The van der Waals surface area contributed by atoms with Gasteiger partial charge in [-0.3, -0.25) is 9.32 Å². The molecule has 0 aliphatic carbocycles. The number of hydrogen-bond donors (Lipinski definition) is 4. The molecular weight excluding hydrogens is 215 g/mol. The number of Topliss-reactive ketones (excluding diaryl/α,β-unsaturated/α-hetero) is 1. The Morgan fingerprint density at radius 2 is 1.79 bits per heavy atom. The SMILES string of the molecule is C=CCOP(=O)(O)O.O=C(CO)CO. The molecule has 84 valence electrons. The molecule has 0 fully saturated rings. The fraction of sp³-hybridized carbons (Fsp3) is 0.500. The molecule has 0 aliphatic rings. The van der Waals surface area contributed by atoms with Crippen LogP contribution in [0.25, 0.3) is 0 Å². The van der Waals surface area contributed by atoms with Crippen molar-refractivity contribution in [1.82, 2.24) is 0 Å². The van der Waals surface area contributed by atoms with Crippen molar-refractivity contribution in [2.45, 2.75) is 0 Å². The van der Waals surface area contributed by atoms with Crippen LogP contribution in [0.15, 0.2) is 12.7 Å². The molecule has 0 atom stereocenters. The fourth-order valence-corrected chi connectivity index (χ4v) is 0.499. The maximum Gasteiger partial charge on any atom is 0.469 e. The lowest BCUT2D eigenvalue weighted by Gasteiger charge is -1.98. The molecule has 0 amide bonds. The quantitative estimate of drug-likeness (QED) is 0.345. The van der Waals surface area contributed by atoms with Crippen molar-refractivity contribution >= 4 is 13.6 Å². The van der Waals surface area contributed by atoms with E-state index in [1.165, 1.54) is 6.08 Å². The Balaban J connectivity index is 0. The summed E-state index contributed by atoms with van der Waals surface area (Å²) in [6.07, 6.45) is 1.26. The molecule has 4 N–H and O–H groups in total. The number of carbonyl (C=O) groups excluding carboxylic acids is 1. The molecule has 0 saturated heterocycles. The van der Waals surface area contributed by atoms with Crippen molar-refractivity contribution < 1.29 is 33.9 Å². The lowest BCUT2D eigenvalue weighted by molar-refractivity contribution is -0.124. The van der Waals surface area contributed by atoms with Crippen LogP contribution < -0.4 is 0 Å². The maximum atomic E-state index is 9.81. The third kappa shape index (κ3) is 17.5. The van der Waals surface area contributed by atoms with Crippen LogP contribution in [0, 0.1) is 0 Å². The molecule has 7 nitrogen and oxygen atoms in total. The molecule has 0 aromatic carbocycles. The molecule has 0 radical (unpaired) electrons. The summed E-state index contributed by atoms with van der Waals surface area (Å²) in [5.41, 5.74) is 0. The Kier molecular flexibility index (Phi) is 10.2. The third-order valence-electron chi connectivity index (χ3n) is 0.713. The molecule has 14 heavy (non-hydrogen) atoms. The summed E-state index contributed by atoms with van der Waals surface area (Å²) < 4.78 is 13.7. The normalized spacial score (nSPS) is 10.0. The Morgan fingerprint density at radius 3 is 1.86 bits per heavy atom. The summed E-state index contributed by atoms with van der Waals surface area (Å²) in [5, 5.41) is 15.7. The molecule has 0 bridgehead atoms. The Labute approximate surface area is 80.9 Å². The van der Waals surface area contributed by atoms with Gasteiger partial charge in [0.15, 0.2) is 5.78 Å². The zero-order valence-electron chi connectivity index (χ0n) is 7.37. The topological polar surface area (TPSA) is 124 Å². The van der Waals surface area contributed by atoms with E-state index in [4.69, 9.17) is 20.0 Å². The summed E-state index contributed by atoms with van der Waals surface area (Å²) in [7, 11) is -4.25. The number of aliphatic hydroxyl groups is 2. The van der Waals surface area contributed by atoms with E-state index in [0.717, 1.165) is 0 Å². The summed E-state index contributed by atoms with van der Waals surface area (Å²) in [5.74, 6) is -0.546. The number of carbonyl (C=O) groups is 1. The predicted molar refractivity (Wildman–Crippen MR) is 47.4 cm³/mol. The van der Waals surface area contributed by atoms with Crippen LogP contribution in [0.2, 0.25) is 0 Å². The minimum Gasteiger partial charge on any atom is -0.388 e. The number of hydrogen-bond acceptors (Lipinski definition) is 5. The van der Waals surface area contributed by atoms with E-state index < -0.39 is 26.8 Å². The minimum atomic E-state index is -4.25. The number of ketones is 1. The van der Waals surface area contributed by atoms with Gasteiger partial charge in [0.25, 0.3) is 0 Å². The van der Waals surface area contributed by atoms with E-state index >= 15 is 0 Å². The first-order chi connectivity index (χ1) is 6.37. The highest BCUT2D eigenvalue weighted by atomic mass is 31.2. The molecule has 8 heteroatoms. The summed E-state index contributed by atoms with van der Waals surface area (Å²) >= 11 is 0. The van der Waals surface area contributed by atoms with Gasteiger partial charge in [0, 0.05) is 0 Å². The average molecular weight is 228 g/mol. The molecule has 0 rings (SSSR count). The standard InChI is InChI=1S/C3H7O4P.C3H6O3/c1-2-3-7-8(4,5)6;4-1-3(6)2-5/h2H,1,3H2,(H2,4,5,6);4-5H,1-2H2. The Bertz CT molecular complexity index is 202. The van der Waals surface area contributed by atoms with Crippen molar-refractivity contribution in [2.24, 2.45) is 0 Å². The van der Waals surface area contributed by atoms with Gasteiger partial charge in [0.05, 0.1) is 6.61 Å². The maximum absolute atomic E-state index is 9.81. The van der Waals surface area contributed by atoms with Crippen molar-refractivity contribution in [2.75, 3.05) is 19.8 Å². The summed E-state index contributed by atoms with van der Waals surface area (Å²) in [4.78, 5) is 25.7. The first kappa shape index (κ1) is 15.9. The van der Waals surface area contributed by atoms with Crippen LogP contribution in [0.3, 0.4) is 0 Å². The van der Waals surface area contributed by atoms with Gasteiger partial charge in [0.1, 0.15) is 13.2 Å². The molecule has 0 aromatic rings.